The molecular weight excluding hydrogens is 252 g/mol. The van der Waals surface area contributed by atoms with E-state index in [1.807, 2.05) is 6.07 Å². The van der Waals surface area contributed by atoms with Crippen molar-refractivity contribution in [3.05, 3.63) is 23.8 Å². The second-order valence-corrected chi connectivity index (χ2v) is 4.43. The van der Waals surface area contributed by atoms with Gasteiger partial charge >= 0.3 is 0 Å². The van der Waals surface area contributed by atoms with E-state index in [2.05, 4.69) is 24.1 Å². The third kappa shape index (κ3) is 5.33. The van der Waals surface area contributed by atoms with Crippen LogP contribution in [0.2, 0.25) is 0 Å². The minimum absolute atomic E-state index is 0.000633. The van der Waals surface area contributed by atoms with Crippen LogP contribution in [0, 0.1) is 11.8 Å². The number of hydrogen-bond acceptors (Lipinski definition) is 3. The molecule has 3 N–H and O–H groups in total. The summed E-state index contributed by atoms with van der Waals surface area (Å²) in [5.41, 5.74) is 6.81. The van der Waals surface area contributed by atoms with Crippen molar-refractivity contribution in [3.63, 3.8) is 0 Å². The predicted octanol–water partition coefficient (Wildman–Crippen LogP) is 2.52. The number of unbranched alkanes of at least 4 members (excludes halogenated alkanes) is 2. The highest BCUT2D eigenvalue weighted by Gasteiger charge is 2.08. The SMILES string of the molecule is CCCCCC(=O)Nc1cc(C#CCN)ccc1OC. The van der Waals surface area contributed by atoms with Gasteiger partial charge in [0, 0.05) is 12.0 Å². The first-order chi connectivity index (χ1) is 9.71. The van der Waals surface area contributed by atoms with E-state index in [1.165, 1.54) is 0 Å². The van der Waals surface area contributed by atoms with Crippen molar-refractivity contribution in [1.82, 2.24) is 0 Å². The zero-order valence-electron chi connectivity index (χ0n) is 12.2. The fraction of sp³-hybridized carbons (Fsp3) is 0.438. The van der Waals surface area contributed by atoms with Gasteiger partial charge in [0.15, 0.2) is 0 Å². The molecule has 1 rings (SSSR count). The van der Waals surface area contributed by atoms with E-state index in [9.17, 15) is 4.79 Å². The second kappa shape index (κ2) is 9.00. The summed E-state index contributed by atoms with van der Waals surface area (Å²) in [5, 5.41) is 2.87. The van der Waals surface area contributed by atoms with Gasteiger partial charge in [-0.3, -0.25) is 4.79 Å². The predicted molar refractivity (Wildman–Crippen MR) is 81.7 cm³/mol. The maximum Gasteiger partial charge on any atom is 0.224 e. The highest BCUT2D eigenvalue weighted by molar-refractivity contribution is 5.92. The number of ether oxygens (including phenoxy) is 1. The number of amides is 1. The lowest BCUT2D eigenvalue weighted by Crippen LogP contribution is -2.12. The Hall–Kier alpha value is -1.99. The lowest BCUT2D eigenvalue weighted by molar-refractivity contribution is -0.116. The molecule has 0 aliphatic carbocycles. The van der Waals surface area contributed by atoms with E-state index < -0.39 is 0 Å². The first-order valence-corrected chi connectivity index (χ1v) is 6.88. The van der Waals surface area contributed by atoms with Crippen LogP contribution in [0.4, 0.5) is 5.69 Å². The van der Waals surface area contributed by atoms with Gasteiger partial charge in [-0.15, -0.1) is 0 Å². The van der Waals surface area contributed by atoms with Gasteiger partial charge in [0.2, 0.25) is 5.91 Å². The second-order valence-electron chi connectivity index (χ2n) is 4.43. The molecule has 1 aromatic rings. The third-order valence-electron chi connectivity index (χ3n) is 2.82. The van der Waals surface area contributed by atoms with Crippen LogP contribution in [0.5, 0.6) is 5.75 Å². The Labute approximate surface area is 120 Å². The smallest absolute Gasteiger partial charge is 0.224 e. The molecule has 4 nitrogen and oxygen atoms in total. The molecular formula is C16H22N2O2. The molecule has 0 saturated heterocycles. The number of methoxy groups -OCH3 is 1. The Morgan fingerprint density at radius 1 is 1.40 bits per heavy atom. The fourth-order valence-electron chi connectivity index (χ4n) is 1.78. The number of carbonyl (C=O) groups excluding carboxylic acids is 1. The van der Waals surface area contributed by atoms with Crippen LogP contribution in [0.25, 0.3) is 0 Å². The van der Waals surface area contributed by atoms with Crippen molar-refractivity contribution >= 4 is 11.6 Å². The summed E-state index contributed by atoms with van der Waals surface area (Å²) in [6.45, 7) is 2.42. The number of anilines is 1. The third-order valence-corrected chi connectivity index (χ3v) is 2.82. The summed E-state index contributed by atoms with van der Waals surface area (Å²) >= 11 is 0. The van der Waals surface area contributed by atoms with E-state index in [4.69, 9.17) is 10.5 Å². The van der Waals surface area contributed by atoms with Gasteiger partial charge in [0.05, 0.1) is 19.3 Å². The molecule has 0 aromatic heterocycles. The number of hydrogen-bond donors (Lipinski definition) is 2. The molecule has 0 atom stereocenters. The topological polar surface area (TPSA) is 64.4 Å². The summed E-state index contributed by atoms with van der Waals surface area (Å²) in [6.07, 6.45) is 3.58. The van der Waals surface area contributed by atoms with E-state index in [0.29, 0.717) is 24.4 Å². The molecule has 0 aliphatic heterocycles. The van der Waals surface area contributed by atoms with E-state index in [0.717, 1.165) is 24.8 Å². The van der Waals surface area contributed by atoms with Gasteiger partial charge in [0.25, 0.3) is 0 Å². The van der Waals surface area contributed by atoms with Crippen LogP contribution in [0.3, 0.4) is 0 Å². The number of benzene rings is 1. The Balaban J connectivity index is 2.77. The molecule has 20 heavy (non-hydrogen) atoms. The van der Waals surface area contributed by atoms with Gasteiger partial charge < -0.3 is 15.8 Å². The molecule has 0 saturated carbocycles. The number of carbonyl (C=O) groups is 1. The molecule has 0 bridgehead atoms. The highest BCUT2D eigenvalue weighted by atomic mass is 16.5. The van der Waals surface area contributed by atoms with Gasteiger partial charge in [-0.25, -0.2) is 0 Å². The molecule has 1 amide bonds. The molecule has 0 unspecified atom stereocenters. The van der Waals surface area contributed by atoms with Gasteiger partial charge in [-0.05, 0) is 24.6 Å². The molecule has 0 heterocycles. The van der Waals surface area contributed by atoms with Gasteiger partial charge in [0.1, 0.15) is 5.75 Å². The Morgan fingerprint density at radius 3 is 2.85 bits per heavy atom. The quantitative estimate of drug-likeness (QED) is 0.619. The number of rotatable bonds is 6. The lowest BCUT2D eigenvalue weighted by atomic mass is 10.1. The zero-order valence-corrected chi connectivity index (χ0v) is 12.2. The molecule has 4 heteroatoms. The largest absolute Gasteiger partial charge is 0.495 e. The van der Waals surface area contributed by atoms with Crippen molar-refractivity contribution in [2.45, 2.75) is 32.6 Å². The van der Waals surface area contributed by atoms with Gasteiger partial charge in [-0.2, -0.15) is 0 Å². The first-order valence-electron chi connectivity index (χ1n) is 6.88. The molecule has 0 spiro atoms. The van der Waals surface area contributed by atoms with Crippen LogP contribution in [-0.4, -0.2) is 19.6 Å². The Morgan fingerprint density at radius 2 is 2.20 bits per heavy atom. The molecule has 0 fully saturated rings. The van der Waals surface area contributed by atoms with E-state index >= 15 is 0 Å². The summed E-state index contributed by atoms with van der Waals surface area (Å²) in [5.74, 6) is 6.36. The average Bonchev–Trinajstić information content (AvgIpc) is 2.45. The summed E-state index contributed by atoms with van der Waals surface area (Å²) in [4.78, 5) is 11.9. The van der Waals surface area contributed by atoms with E-state index in [-0.39, 0.29) is 5.91 Å². The van der Waals surface area contributed by atoms with Crippen LogP contribution >= 0.6 is 0 Å². The molecule has 108 valence electrons. The van der Waals surface area contributed by atoms with Crippen molar-refractivity contribution in [2.75, 3.05) is 19.0 Å². The summed E-state index contributed by atoms with van der Waals surface area (Å²) < 4.78 is 5.24. The normalized spacial score (nSPS) is 9.55. The van der Waals surface area contributed by atoms with E-state index in [1.54, 1.807) is 19.2 Å². The summed E-state index contributed by atoms with van der Waals surface area (Å²) in [6, 6.07) is 5.44. The standard InChI is InChI=1S/C16H22N2O2/c1-3-4-5-8-16(19)18-14-12-13(7-6-11-17)9-10-15(14)20-2/h9-10,12H,3-5,8,11,17H2,1-2H3,(H,18,19). The van der Waals surface area contributed by atoms with Crippen LogP contribution in [0.1, 0.15) is 38.2 Å². The lowest BCUT2D eigenvalue weighted by Gasteiger charge is -2.10. The van der Waals surface area contributed by atoms with Crippen molar-refractivity contribution < 1.29 is 9.53 Å². The van der Waals surface area contributed by atoms with Gasteiger partial charge in [-0.1, -0.05) is 31.6 Å². The average molecular weight is 274 g/mol. The van der Waals surface area contributed by atoms with Crippen LogP contribution in [0.15, 0.2) is 18.2 Å². The van der Waals surface area contributed by atoms with Crippen LogP contribution < -0.4 is 15.8 Å². The van der Waals surface area contributed by atoms with Crippen molar-refractivity contribution in [1.29, 1.82) is 0 Å². The van der Waals surface area contributed by atoms with Crippen molar-refractivity contribution in [3.8, 4) is 17.6 Å². The molecule has 0 aliphatic rings. The summed E-state index contributed by atoms with van der Waals surface area (Å²) in [7, 11) is 1.58. The monoisotopic (exact) mass is 274 g/mol. The maximum atomic E-state index is 11.9. The molecule has 0 radical (unpaired) electrons. The first kappa shape index (κ1) is 16.1. The Kier molecular flexibility index (Phi) is 7.23. The van der Waals surface area contributed by atoms with Crippen LogP contribution in [-0.2, 0) is 4.79 Å². The number of nitrogens with one attached hydrogen (secondary N) is 1. The minimum atomic E-state index is 0.000633. The highest BCUT2D eigenvalue weighted by Crippen LogP contribution is 2.25. The Bertz CT molecular complexity index is 501. The van der Waals surface area contributed by atoms with Crippen molar-refractivity contribution in [2.24, 2.45) is 5.73 Å². The molecule has 1 aromatic carbocycles. The zero-order chi connectivity index (χ0) is 14.8. The minimum Gasteiger partial charge on any atom is -0.495 e. The maximum absolute atomic E-state index is 11.9. The number of nitrogens with two attached hydrogens (primary N) is 1. The fourth-order valence-corrected chi connectivity index (χ4v) is 1.78.